The van der Waals surface area contributed by atoms with Gasteiger partial charge in [0.05, 0.1) is 24.9 Å². The summed E-state index contributed by atoms with van der Waals surface area (Å²) in [4.78, 5) is 12.4. The zero-order valence-corrected chi connectivity index (χ0v) is 16.3. The number of aromatic nitrogens is 3. The predicted octanol–water partition coefficient (Wildman–Crippen LogP) is 3.95. The fraction of sp³-hybridized carbons (Fsp3) is 0.211. The van der Waals surface area contributed by atoms with Gasteiger partial charge in [-0.05, 0) is 42.7 Å². The van der Waals surface area contributed by atoms with E-state index in [0.29, 0.717) is 22.3 Å². The first kappa shape index (κ1) is 20.7. The van der Waals surface area contributed by atoms with Crippen molar-refractivity contribution in [2.24, 2.45) is 0 Å². The molecule has 6 nitrogen and oxygen atoms in total. The highest BCUT2D eigenvalue weighted by molar-refractivity contribution is 7.98. The van der Waals surface area contributed by atoms with Crippen LogP contribution < -0.4 is 10.1 Å². The van der Waals surface area contributed by atoms with Crippen LogP contribution in [0.15, 0.2) is 53.7 Å². The quantitative estimate of drug-likeness (QED) is 0.610. The molecular formula is C19H17F3N4O2S. The molecule has 0 spiro atoms. The van der Waals surface area contributed by atoms with Crippen molar-refractivity contribution in [1.82, 2.24) is 20.1 Å². The van der Waals surface area contributed by atoms with E-state index in [0.717, 1.165) is 12.1 Å². The second-order valence-electron chi connectivity index (χ2n) is 5.90. The van der Waals surface area contributed by atoms with E-state index in [9.17, 15) is 18.0 Å². The Morgan fingerprint density at radius 1 is 1.17 bits per heavy atom. The summed E-state index contributed by atoms with van der Waals surface area (Å²) in [5, 5.41) is 11.2. The van der Waals surface area contributed by atoms with Gasteiger partial charge in [0.25, 0.3) is 5.91 Å². The number of halogens is 3. The Morgan fingerprint density at radius 3 is 2.62 bits per heavy atom. The van der Waals surface area contributed by atoms with E-state index < -0.39 is 11.7 Å². The van der Waals surface area contributed by atoms with Crippen LogP contribution in [-0.4, -0.2) is 34.0 Å². The van der Waals surface area contributed by atoms with Gasteiger partial charge in [-0.15, -0.1) is 10.2 Å². The molecule has 0 aliphatic rings. The number of ether oxygens (including phenoxy) is 1. The molecule has 2 aromatic carbocycles. The number of rotatable bonds is 6. The lowest BCUT2D eigenvalue weighted by Gasteiger charge is -2.13. The summed E-state index contributed by atoms with van der Waals surface area (Å²) >= 11 is 1.24. The van der Waals surface area contributed by atoms with Crippen molar-refractivity contribution in [3.05, 3.63) is 65.5 Å². The number of hydrogen-bond acceptors (Lipinski definition) is 5. The zero-order valence-electron chi connectivity index (χ0n) is 15.5. The van der Waals surface area contributed by atoms with Crippen LogP contribution in [0.2, 0.25) is 0 Å². The number of nitrogens with zero attached hydrogens (tertiary/aromatic N) is 3. The lowest BCUT2D eigenvalue weighted by Crippen LogP contribution is -2.24. The number of methoxy groups -OCH3 is 1. The van der Waals surface area contributed by atoms with Gasteiger partial charge in [-0.2, -0.15) is 13.2 Å². The minimum Gasteiger partial charge on any atom is -0.497 e. The first-order valence-corrected chi connectivity index (χ1v) is 9.64. The minimum atomic E-state index is -4.47. The van der Waals surface area contributed by atoms with Crippen LogP contribution in [0.5, 0.6) is 5.75 Å². The van der Waals surface area contributed by atoms with Crippen LogP contribution in [0.25, 0.3) is 5.69 Å². The third-order valence-corrected chi connectivity index (χ3v) is 4.68. The summed E-state index contributed by atoms with van der Waals surface area (Å²) in [6, 6.07) is 11.5. The molecule has 1 amide bonds. The van der Waals surface area contributed by atoms with E-state index >= 15 is 0 Å². The number of carbonyl (C=O) groups excluding carboxylic acids is 1. The first-order valence-electron chi connectivity index (χ1n) is 8.41. The largest absolute Gasteiger partial charge is 0.497 e. The van der Waals surface area contributed by atoms with Crippen molar-refractivity contribution in [2.75, 3.05) is 13.4 Å². The fourth-order valence-corrected chi connectivity index (χ4v) is 3.17. The molecule has 152 valence electrons. The van der Waals surface area contributed by atoms with Crippen LogP contribution in [-0.2, 0) is 12.7 Å². The molecular weight excluding hydrogens is 405 g/mol. The molecule has 29 heavy (non-hydrogen) atoms. The molecule has 0 saturated carbocycles. The number of carbonyl (C=O) groups is 1. The molecule has 0 atom stereocenters. The summed E-state index contributed by atoms with van der Waals surface area (Å²) in [5.74, 6) is 0.479. The minimum absolute atomic E-state index is 0.0140. The molecule has 0 saturated heterocycles. The average Bonchev–Trinajstić information content (AvgIpc) is 3.14. The number of nitrogens with one attached hydrogen (secondary N) is 1. The van der Waals surface area contributed by atoms with E-state index in [1.807, 2.05) is 0 Å². The van der Waals surface area contributed by atoms with Crippen molar-refractivity contribution in [2.45, 2.75) is 17.9 Å². The van der Waals surface area contributed by atoms with Gasteiger partial charge in [-0.1, -0.05) is 23.9 Å². The number of amides is 1. The number of thioether (sulfide) groups is 1. The molecule has 0 unspecified atom stereocenters. The van der Waals surface area contributed by atoms with Gasteiger partial charge in [0.15, 0.2) is 11.0 Å². The monoisotopic (exact) mass is 422 g/mol. The van der Waals surface area contributed by atoms with E-state index in [-0.39, 0.29) is 18.1 Å². The molecule has 10 heteroatoms. The Morgan fingerprint density at radius 2 is 1.93 bits per heavy atom. The predicted molar refractivity (Wildman–Crippen MR) is 102 cm³/mol. The molecule has 1 aromatic heterocycles. The van der Waals surface area contributed by atoms with Crippen LogP contribution in [0.4, 0.5) is 13.2 Å². The maximum Gasteiger partial charge on any atom is 0.416 e. The van der Waals surface area contributed by atoms with Gasteiger partial charge in [0.1, 0.15) is 5.75 Å². The van der Waals surface area contributed by atoms with Gasteiger partial charge >= 0.3 is 6.18 Å². The summed E-state index contributed by atoms with van der Waals surface area (Å²) in [5.41, 5.74) is -0.124. The lowest BCUT2D eigenvalue weighted by atomic mass is 10.2. The van der Waals surface area contributed by atoms with E-state index in [4.69, 9.17) is 4.74 Å². The summed E-state index contributed by atoms with van der Waals surface area (Å²) in [6.45, 7) is -0.0140. The lowest BCUT2D eigenvalue weighted by molar-refractivity contribution is -0.137. The Balaban J connectivity index is 1.86. The Bertz CT molecular complexity index is 1020. The van der Waals surface area contributed by atoms with Crippen molar-refractivity contribution in [1.29, 1.82) is 0 Å². The maximum atomic E-state index is 13.1. The van der Waals surface area contributed by atoms with Crippen LogP contribution in [0.1, 0.15) is 21.7 Å². The highest BCUT2D eigenvalue weighted by atomic mass is 32.2. The highest BCUT2D eigenvalue weighted by Crippen LogP contribution is 2.31. The third-order valence-electron chi connectivity index (χ3n) is 4.05. The van der Waals surface area contributed by atoms with E-state index in [2.05, 4.69) is 15.5 Å². The Kier molecular flexibility index (Phi) is 6.12. The van der Waals surface area contributed by atoms with Gasteiger partial charge in [0, 0.05) is 5.56 Å². The molecule has 3 aromatic rings. The van der Waals surface area contributed by atoms with Crippen molar-refractivity contribution < 1.29 is 22.7 Å². The van der Waals surface area contributed by atoms with E-state index in [1.165, 1.54) is 35.6 Å². The van der Waals surface area contributed by atoms with Crippen molar-refractivity contribution in [3.63, 3.8) is 0 Å². The summed E-state index contributed by atoms with van der Waals surface area (Å²) in [7, 11) is 1.50. The molecule has 3 rings (SSSR count). The molecule has 1 heterocycles. The molecule has 0 radical (unpaired) electrons. The zero-order chi connectivity index (χ0) is 21.0. The van der Waals surface area contributed by atoms with E-state index in [1.54, 1.807) is 30.5 Å². The average molecular weight is 422 g/mol. The number of hydrogen-bond donors (Lipinski definition) is 1. The first-order chi connectivity index (χ1) is 13.8. The molecule has 0 fully saturated rings. The summed E-state index contributed by atoms with van der Waals surface area (Å²) in [6.07, 6.45) is -2.73. The molecule has 0 bridgehead atoms. The van der Waals surface area contributed by atoms with Gasteiger partial charge in [0.2, 0.25) is 0 Å². The van der Waals surface area contributed by atoms with Crippen molar-refractivity contribution >= 4 is 17.7 Å². The Hall–Kier alpha value is -3.01. The van der Waals surface area contributed by atoms with Crippen LogP contribution >= 0.6 is 11.8 Å². The highest BCUT2D eigenvalue weighted by Gasteiger charge is 2.31. The standard InChI is InChI=1S/C19H17F3N4O2S/c1-28-15-8-3-5-12(9-15)17(27)23-11-16-24-25-18(29-2)26(16)14-7-4-6-13(10-14)19(20,21)22/h3-10H,11H2,1-2H3,(H,23,27). The SMILES string of the molecule is COc1cccc(C(=O)NCc2nnc(SC)n2-c2cccc(C(F)(F)F)c2)c1. The number of alkyl halides is 3. The Labute approximate surface area is 169 Å². The van der Waals surface area contributed by atoms with Crippen LogP contribution in [0.3, 0.4) is 0 Å². The number of benzene rings is 2. The third kappa shape index (κ3) is 4.70. The van der Waals surface area contributed by atoms with Gasteiger partial charge in [-0.3, -0.25) is 9.36 Å². The topological polar surface area (TPSA) is 69.0 Å². The van der Waals surface area contributed by atoms with Crippen molar-refractivity contribution in [3.8, 4) is 11.4 Å². The molecule has 0 aliphatic carbocycles. The summed E-state index contributed by atoms with van der Waals surface area (Å²) < 4.78 is 45.8. The van der Waals surface area contributed by atoms with Gasteiger partial charge < -0.3 is 10.1 Å². The van der Waals surface area contributed by atoms with Gasteiger partial charge in [-0.25, -0.2) is 0 Å². The van der Waals surface area contributed by atoms with Crippen LogP contribution in [0, 0.1) is 0 Å². The normalized spacial score (nSPS) is 11.3. The second kappa shape index (κ2) is 8.56. The maximum absolute atomic E-state index is 13.1. The molecule has 0 aliphatic heterocycles. The smallest absolute Gasteiger partial charge is 0.416 e. The fourth-order valence-electron chi connectivity index (χ4n) is 2.65. The molecule has 1 N–H and O–H groups in total. The second-order valence-corrected chi connectivity index (χ2v) is 6.67.